The van der Waals surface area contributed by atoms with Crippen molar-refractivity contribution in [1.29, 1.82) is 0 Å². The third-order valence-corrected chi connectivity index (χ3v) is 2.16. The maximum absolute atomic E-state index is 10.8. The minimum absolute atomic E-state index is 0.00833. The van der Waals surface area contributed by atoms with Gasteiger partial charge in [0, 0.05) is 18.9 Å². The fourth-order valence-electron chi connectivity index (χ4n) is 0.728. The van der Waals surface area contributed by atoms with Gasteiger partial charge in [-0.15, -0.1) is 11.3 Å². The quantitative estimate of drug-likeness (QED) is 0.672. The van der Waals surface area contributed by atoms with Gasteiger partial charge in [0.2, 0.25) is 0 Å². The van der Waals surface area contributed by atoms with Crippen LogP contribution in [-0.4, -0.2) is 17.4 Å². The molecule has 66 valence electrons. The molecule has 0 aliphatic carbocycles. The van der Waals surface area contributed by atoms with Crippen molar-refractivity contribution in [3.8, 4) is 0 Å². The Balaban J connectivity index is 2.58. The number of thiazole rings is 1. The summed E-state index contributed by atoms with van der Waals surface area (Å²) in [5.74, 6) is 0.00833. The van der Waals surface area contributed by atoms with Gasteiger partial charge in [0.25, 0.3) is 0 Å². The van der Waals surface area contributed by atoms with Gasteiger partial charge in [-0.2, -0.15) is 0 Å². The van der Waals surface area contributed by atoms with Crippen molar-refractivity contribution in [3.63, 3.8) is 0 Å². The van der Waals surface area contributed by atoms with Crippen LogP contribution < -0.4 is 0 Å². The minimum Gasteiger partial charge on any atom is -0.375 e. The first-order valence-electron chi connectivity index (χ1n) is 3.77. The van der Waals surface area contributed by atoms with Crippen LogP contribution in [0.4, 0.5) is 0 Å². The minimum atomic E-state index is 0.00833. The lowest BCUT2D eigenvalue weighted by molar-refractivity contribution is 0.101. The summed E-state index contributed by atoms with van der Waals surface area (Å²) in [5, 5.41) is 2.62. The third kappa shape index (κ3) is 2.39. The highest BCUT2D eigenvalue weighted by Gasteiger charge is 2.04. The Bertz CT molecular complexity index is 270. The summed E-state index contributed by atoms with van der Waals surface area (Å²) < 4.78 is 5.15. The molecule has 4 heteroatoms. The van der Waals surface area contributed by atoms with Gasteiger partial charge in [0.1, 0.15) is 10.7 Å². The molecule has 0 N–H and O–H groups in total. The number of nitrogens with zero attached hydrogens (tertiary/aromatic N) is 1. The van der Waals surface area contributed by atoms with Crippen molar-refractivity contribution in [2.75, 3.05) is 6.61 Å². The number of carbonyl (C=O) groups excluding carboxylic acids is 1. The average Bonchev–Trinajstić information content (AvgIpc) is 2.48. The topological polar surface area (TPSA) is 39.2 Å². The third-order valence-electron chi connectivity index (χ3n) is 1.34. The second kappa shape index (κ2) is 4.33. The number of hydrogen-bond donors (Lipinski definition) is 0. The molecule has 0 atom stereocenters. The van der Waals surface area contributed by atoms with Crippen LogP contribution in [0.1, 0.15) is 29.3 Å². The number of ketones is 1. The molecule has 1 aromatic rings. The van der Waals surface area contributed by atoms with Crippen molar-refractivity contribution in [2.45, 2.75) is 20.5 Å². The van der Waals surface area contributed by atoms with Crippen molar-refractivity contribution in [1.82, 2.24) is 4.98 Å². The zero-order chi connectivity index (χ0) is 8.97. The number of carbonyl (C=O) groups is 1. The predicted molar refractivity (Wildman–Crippen MR) is 47.4 cm³/mol. The van der Waals surface area contributed by atoms with Crippen molar-refractivity contribution in [3.05, 3.63) is 16.1 Å². The number of Topliss-reactive ketones (excluding diaryl/α,β-unsaturated/α-hetero) is 1. The fraction of sp³-hybridized carbons (Fsp3) is 0.500. The van der Waals surface area contributed by atoms with Gasteiger partial charge in [-0.25, -0.2) is 4.98 Å². The summed E-state index contributed by atoms with van der Waals surface area (Å²) in [6.45, 7) is 4.63. The molecule has 0 aliphatic heterocycles. The van der Waals surface area contributed by atoms with Crippen LogP contribution in [0.15, 0.2) is 5.38 Å². The Kier molecular flexibility index (Phi) is 3.37. The highest BCUT2D eigenvalue weighted by molar-refractivity contribution is 7.09. The van der Waals surface area contributed by atoms with E-state index in [1.807, 2.05) is 6.92 Å². The SMILES string of the molecule is CCOCc1nc(C(C)=O)cs1. The number of ether oxygens (including phenoxy) is 1. The molecule has 3 nitrogen and oxygen atoms in total. The number of hydrogen-bond acceptors (Lipinski definition) is 4. The maximum Gasteiger partial charge on any atom is 0.178 e. The Morgan fingerprint density at radius 2 is 2.50 bits per heavy atom. The first-order chi connectivity index (χ1) is 5.74. The van der Waals surface area contributed by atoms with E-state index in [0.29, 0.717) is 18.9 Å². The van der Waals surface area contributed by atoms with E-state index in [2.05, 4.69) is 4.98 Å². The van der Waals surface area contributed by atoms with E-state index < -0.39 is 0 Å². The highest BCUT2D eigenvalue weighted by atomic mass is 32.1. The smallest absolute Gasteiger partial charge is 0.178 e. The normalized spacial score (nSPS) is 10.2. The summed E-state index contributed by atoms with van der Waals surface area (Å²) in [6.07, 6.45) is 0. The largest absolute Gasteiger partial charge is 0.375 e. The van der Waals surface area contributed by atoms with Crippen LogP contribution in [0, 0.1) is 0 Å². The van der Waals surface area contributed by atoms with Gasteiger partial charge in [-0.1, -0.05) is 0 Å². The van der Waals surface area contributed by atoms with Gasteiger partial charge < -0.3 is 4.74 Å². The van der Waals surface area contributed by atoms with Crippen LogP contribution in [-0.2, 0) is 11.3 Å². The molecule has 1 rings (SSSR count). The second-order valence-electron chi connectivity index (χ2n) is 2.32. The van der Waals surface area contributed by atoms with Gasteiger partial charge in [0.05, 0.1) is 6.61 Å². The van der Waals surface area contributed by atoms with Crippen LogP contribution in [0.5, 0.6) is 0 Å². The second-order valence-corrected chi connectivity index (χ2v) is 3.26. The molecule has 1 aromatic heterocycles. The molecule has 0 amide bonds. The molecule has 0 aromatic carbocycles. The van der Waals surface area contributed by atoms with E-state index in [1.165, 1.54) is 18.3 Å². The molecule has 0 saturated heterocycles. The summed E-state index contributed by atoms with van der Waals surface area (Å²) in [6, 6.07) is 0. The summed E-state index contributed by atoms with van der Waals surface area (Å²) >= 11 is 1.46. The van der Waals surface area contributed by atoms with Crippen molar-refractivity contribution >= 4 is 17.1 Å². The highest BCUT2D eigenvalue weighted by Crippen LogP contribution is 2.10. The Labute approximate surface area is 75.4 Å². The molecular formula is C8H11NO2S. The summed E-state index contributed by atoms with van der Waals surface area (Å²) in [7, 11) is 0. The monoisotopic (exact) mass is 185 g/mol. The van der Waals surface area contributed by atoms with Gasteiger partial charge in [-0.05, 0) is 6.92 Å². The molecule has 0 bridgehead atoms. The molecule has 1 heterocycles. The summed E-state index contributed by atoms with van der Waals surface area (Å²) in [4.78, 5) is 14.9. The van der Waals surface area contributed by atoms with Crippen LogP contribution in [0.25, 0.3) is 0 Å². The Morgan fingerprint density at radius 1 is 1.75 bits per heavy atom. The van der Waals surface area contributed by atoms with Crippen molar-refractivity contribution in [2.24, 2.45) is 0 Å². The van der Waals surface area contributed by atoms with E-state index in [-0.39, 0.29) is 5.78 Å². The van der Waals surface area contributed by atoms with Crippen LogP contribution in [0.2, 0.25) is 0 Å². The lowest BCUT2D eigenvalue weighted by atomic mass is 10.4. The lowest BCUT2D eigenvalue weighted by Gasteiger charge is -1.94. The Morgan fingerprint density at radius 3 is 3.00 bits per heavy atom. The molecule has 0 aliphatic rings. The fourth-order valence-corrected chi connectivity index (χ4v) is 1.50. The molecule has 0 radical (unpaired) electrons. The number of rotatable bonds is 4. The standard InChI is InChI=1S/C8H11NO2S/c1-3-11-4-8-9-7(5-12-8)6(2)10/h5H,3-4H2,1-2H3. The zero-order valence-corrected chi connectivity index (χ0v) is 7.98. The van der Waals surface area contributed by atoms with Gasteiger partial charge >= 0.3 is 0 Å². The lowest BCUT2D eigenvalue weighted by Crippen LogP contribution is -1.94. The van der Waals surface area contributed by atoms with E-state index >= 15 is 0 Å². The first kappa shape index (κ1) is 9.35. The zero-order valence-electron chi connectivity index (χ0n) is 7.16. The molecule has 0 fully saturated rings. The Hall–Kier alpha value is -0.740. The molecule has 0 unspecified atom stereocenters. The molecule has 12 heavy (non-hydrogen) atoms. The van der Waals surface area contributed by atoms with Gasteiger partial charge in [-0.3, -0.25) is 4.79 Å². The molecule has 0 saturated carbocycles. The van der Waals surface area contributed by atoms with Gasteiger partial charge in [0.15, 0.2) is 5.78 Å². The van der Waals surface area contributed by atoms with E-state index in [9.17, 15) is 4.79 Å². The maximum atomic E-state index is 10.8. The van der Waals surface area contributed by atoms with E-state index in [0.717, 1.165) is 5.01 Å². The van der Waals surface area contributed by atoms with Crippen molar-refractivity contribution < 1.29 is 9.53 Å². The van der Waals surface area contributed by atoms with E-state index in [1.54, 1.807) is 5.38 Å². The van der Waals surface area contributed by atoms with Crippen LogP contribution in [0.3, 0.4) is 0 Å². The predicted octanol–water partition coefficient (Wildman–Crippen LogP) is 1.88. The van der Waals surface area contributed by atoms with Crippen LogP contribution >= 0.6 is 11.3 Å². The van der Waals surface area contributed by atoms with E-state index in [4.69, 9.17) is 4.74 Å². The number of aromatic nitrogens is 1. The summed E-state index contributed by atoms with van der Waals surface area (Å²) in [5.41, 5.74) is 0.537. The molecule has 0 spiro atoms. The molecular weight excluding hydrogens is 174 g/mol. The first-order valence-corrected chi connectivity index (χ1v) is 4.65. The average molecular weight is 185 g/mol.